The Morgan fingerprint density at radius 2 is 1.77 bits per heavy atom. The Balaban J connectivity index is 1.50. The second-order valence-corrected chi connectivity index (χ2v) is 8.66. The highest BCUT2D eigenvalue weighted by molar-refractivity contribution is 7.98. The molecule has 0 saturated heterocycles. The maximum atomic E-state index is 13.2. The first-order valence-electron chi connectivity index (χ1n) is 11.2. The zero-order chi connectivity index (χ0) is 24.6. The molecule has 4 rings (SSSR count). The Kier molecular flexibility index (Phi) is 7.99. The van der Waals surface area contributed by atoms with E-state index in [9.17, 15) is 9.18 Å². The minimum absolute atomic E-state index is 0.167. The van der Waals surface area contributed by atoms with Crippen LogP contribution in [-0.2, 0) is 12.3 Å². The number of hydrogen-bond donors (Lipinski definition) is 2. The quantitative estimate of drug-likeness (QED) is 0.292. The Morgan fingerprint density at radius 3 is 2.51 bits per heavy atom. The van der Waals surface area contributed by atoms with Gasteiger partial charge < -0.3 is 15.4 Å². The van der Waals surface area contributed by atoms with Gasteiger partial charge in [0.15, 0.2) is 11.0 Å². The summed E-state index contributed by atoms with van der Waals surface area (Å²) in [6, 6.07) is 21.3. The highest BCUT2D eigenvalue weighted by Gasteiger charge is 2.16. The number of para-hydroxylation sites is 2. The lowest BCUT2D eigenvalue weighted by Crippen LogP contribution is -2.29. The molecule has 0 aliphatic heterocycles. The van der Waals surface area contributed by atoms with Gasteiger partial charge in [-0.3, -0.25) is 4.57 Å². The number of anilines is 1. The van der Waals surface area contributed by atoms with Crippen molar-refractivity contribution >= 4 is 23.5 Å². The van der Waals surface area contributed by atoms with Crippen molar-refractivity contribution in [2.24, 2.45) is 0 Å². The van der Waals surface area contributed by atoms with Crippen LogP contribution in [0.2, 0.25) is 0 Å². The first kappa shape index (κ1) is 24.3. The van der Waals surface area contributed by atoms with E-state index in [0.29, 0.717) is 34.8 Å². The van der Waals surface area contributed by atoms with Gasteiger partial charge >= 0.3 is 6.03 Å². The molecule has 0 aliphatic carbocycles. The lowest BCUT2D eigenvalue weighted by Gasteiger charge is -2.13. The van der Waals surface area contributed by atoms with Crippen molar-refractivity contribution in [1.82, 2.24) is 20.1 Å². The van der Waals surface area contributed by atoms with Gasteiger partial charge in [0.05, 0.1) is 18.8 Å². The average molecular weight is 492 g/mol. The normalized spacial score (nSPS) is 10.7. The zero-order valence-corrected chi connectivity index (χ0v) is 20.3. The molecule has 0 fully saturated rings. The second kappa shape index (κ2) is 11.5. The lowest BCUT2D eigenvalue weighted by atomic mass is 10.2. The van der Waals surface area contributed by atoms with Gasteiger partial charge in [-0.15, -0.1) is 10.2 Å². The van der Waals surface area contributed by atoms with Crippen molar-refractivity contribution in [2.45, 2.75) is 31.3 Å². The Labute approximate surface area is 207 Å². The summed E-state index contributed by atoms with van der Waals surface area (Å²) in [6.45, 7) is 4.58. The van der Waals surface area contributed by atoms with Gasteiger partial charge in [-0.1, -0.05) is 53.7 Å². The van der Waals surface area contributed by atoms with E-state index < -0.39 is 0 Å². The smallest absolute Gasteiger partial charge is 0.319 e. The minimum atomic E-state index is -0.379. The maximum absolute atomic E-state index is 13.2. The fraction of sp³-hybridized carbons (Fsp3) is 0.192. The summed E-state index contributed by atoms with van der Waals surface area (Å²) in [4.78, 5) is 12.6. The number of thioether (sulfide) groups is 1. The van der Waals surface area contributed by atoms with Gasteiger partial charge in [0.2, 0.25) is 0 Å². The van der Waals surface area contributed by atoms with Crippen LogP contribution >= 0.6 is 11.8 Å². The van der Waals surface area contributed by atoms with Crippen molar-refractivity contribution in [2.75, 3.05) is 11.9 Å². The molecule has 1 aromatic heterocycles. The summed E-state index contributed by atoms with van der Waals surface area (Å²) in [6.07, 6.45) is 0. The monoisotopic (exact) mass is 491 g/mol. The SMILES string of the molecule is CCOc1ccccc1NC(=O)NCc1nnc(SCc2ccc(F)cc2)n1-c1ccc(C)cc1. The standard InChI is InChI=1S/C26H26FN5O2S/c1-3-34-23-7-5-4-6-22(23)29-25(33)28-16-24-30-31-26(32(24)21-14-8-18(2)9-15-21)35-17-19-10-12-20(27)13-11-19/h4-15H,3,16-17H2,1-2H3,(H2,28,29,33). The summed E-state index contributed by atoms with van der Waals surface area (Å²) >= 11 is 1.49. The van der Waals surface area contributed by atoms with E-state index in [1.54, 1.807) is 24.3 Å². The van der Waals surface area contributed by atoms with Gasteiger partial charge in [0.1, 0.15) is 11.6 Å². The highest BCUT2D eigenvalue weighted by Crippen LogP contribution is 2.26. The van der Waals surface area contributed by atoms with E-state index in [4.69, 9.17) is 4.74 Å². The van der Waals surface area contributed by atoms with E-state index in [1.807, 2.05) is 54.8 Å². The highest BCUT2D eigenvalue weighted by atomic mass is 32.2. The van der Waals surface area contributed by atoms with Crippen molar-refractivity contribution in [3.05, 3.63) is 95.6 Å². The molecule has 0 radical (unpaired) electrons. The summed E-state index contributed by atoms with van der Waals surface area (Å²) in [7, 11) is 0. The lowest BCUT2D eigenvalue weighted by molar-refractivity contribution is 0.251. The molecule has 0 aliphatic rings. The number of carbonyl (C=O) groups is 1. The molecule has 1 heterocycles. The largest absolute Gasteiger partial charge is 0.492 e. The van der Waals surface area contributed by atoms with Crippen LogP contribution in [0.1, 0.15) is 23.9 Å². The molecule has 2 N–H and O–H groups in total. The number of carbonyl (C=O) groups excluding carboxylic acids is 1. The molecule has 4 aromatic rings. The number of hydrogen-bond acceptors (Lipinski definition) is 5. The van der Waals surface area contributed by atoms with Crippen LogP contribution in [-0.4, -0.2) is 27.4 Å². The topological polar surface area (TPSA) is 81.1 Å². The van der Waals surface area contributed by atoms with E-state index in [-0.39, 0.29) is 18.4 Å². The Hall–Kier alpha value is -3.85. The summed E-state index contributed by atoms with van der Waals surface area (Å²) < 4.78 is 20.7. The fourth-order valence-electron chi connectivity index (χ4n) is 3.37. The van der Waals surface area contributed by atoms with Crippen molar-refractivity contribution < 1.29 is 13.9 Å². The number of urea groups is 1. The number of rotatable bonds is 9. The van der Waals surface area contributed by atoms with Crippen molar-refractivity contribution in [3.63, 3.8) is 0 Å². The van der Waals surface area contributed by atoms with Crippen LogP contribution in [0.5, 0.6) is 5.75 Å². The number of halogens is 1. The molecule has 9 heteroatoms. The fourth-order valence-corrected chi connectivity index (χ4v) is 4.29. The third kappa shape index (κ3) is 6.39. The molecular formula is C26H26FN5O2S. The van der Waals surface area contributed by atoms with E-state index >= 15 is 0 Å². The van der Waals surface area contributed by atoms with Crippen molar-refractivity contribution in [3.8, 4) is 11.4 Å². The zero-order valence-electron chi connectivity index (χ0n) is 19.5. The molecule has 180 valence electrons. The molecule has 3 aromatic carbocycles. The molecule has 0 unspecified atom stereocenters. The number of nitrogens with zero attached hydrogens (tertiary/aromatic N) is 3. The number of benzene rings is 3. The average Bonchev–Trinajstić information content (AvgIpc) is 3.27. The minimum Gasteiger partial charge on any atom is -0.492 e. The first-order chi connectivity index (χ1) is 17.0. The molecular weight excluding hydrogens is 465 g/mol. The molecule has 0 saturated carbocycles. The van der Waals surface area contributed by atoms with Gasteiger partial charge in [0, 0.05) is 11.4 Å². The first-order valence-corrected chi connectivity index (χ1v) is 12.2. The summed E-state index contributed by atoms with van der Waals surface area (Å²) in [5.41, 5.74) is 3.58. The summed E-state index contributed by atoms with van der Waals surface area (Å²) in [5, 5.41) is 15.0. The number of aromatic nitrogens is 3. The molecule has 0 bridgehead atoms. The van der Waals surface area contributed by atoms with Crippen LogP contribution in [0.25, 0.3) is 5.69 Å². The molecule has 7 nitrogen and oxygen atoms in total. The molecule has 2 amide bonds. The third-order valence-corrected chi connectivity index (χ3v) is 6.12. The Bertz CT molecular complexity index is 1280. The van der Waals surface area contributed by atoms with Crippen LogP contribution in [0.15, 0.2) is 78.0 Å². The molecule has 0 atom stereocenters. The van der Waals surface area contributed by atoms with Gasteiger partial charge in [-0.05, 0) is 55.8 Å². The van der Waals surface area contributed by atoms with Crippen LogP contribution in [0, 0.1) is 12.7 Å². The van der Waals surface area contributed by atoms with Crippen LogP contribution in [0.4, 0.5) is 14.9 Å². The number of amides is 2. The van der Waals surface area contributed by atoms with Crippen LogP contribution in [0.3, 0.4) is 0 Å². The Morgan fingerprint density at radius 1 is 1.03 bits per heavy atom. The number of aryl methyl sites for hydroxylation is 1. The van der Waals surface area contributed by atoms with E-state index in [0.717, 1.165) is 16.8 Å². The van der Waals surface area contributed by atoms with E-state index in [1.165, 1.54) is 23.9 Å². The second-order valence-electron chi connectivity index (χ2n) is 7.72. The van der Waals surface area contributed by atoms with Crippen molar-refractivity contribution in [1.29, 1.82) is 0 Å². The summed E-state index contributed by atoms with van der Waals surface area (Å²) in [5.74, 6) is 1.53. The molecule has 0 spiro atoms. The number of nitrogens with one attached hydrogen (secondary N) is 2. The molecule has 35 heavy (non-hydrogen) atoms. The third-order valence-electron chi connectivity index (χ3n) is 5.12. The van der Waals surface area contributed by atoms with Gasteiger partial charge in [0.25, 0.3) is 0 Å². The predicted octanol–water partition coefficient (Wildman–Crippen LogP) is 5.73. The maximum Gasteiger partial charge on any atom is 0.319 e. The van der Waals surface area contributed by atoms with Crippen LogP contribution < -0.4 is 15.4 Å². The van der Waals surface area contributed by atoms with Gasteiger partial charge in [-0.2, -0.15) is 0 Å². The van der Waals surface area contributed by atoms with E-state index in [2.05, 4.69) is 20.8 Å². The predicted molar refractivity (Wildman–Crippen MR) is 136 cm³/mol. The number of ether oxygens (including phenoxy) is 1. The van der Waals surface area contributed by atoms with Gasteiger partial charge in [-0.25, -0.2) is 9.18 Å².